The van der Waals surface area contributed by atoms with Crippen molar-refractivity contribution in [1.29, 1.82) is 5.26 Å². The lowest BCUT2D eigenvalue weighted by atomic mass is 10.2. The van der Waals surface area contributed by atoms with Crippen LogP contribution in [0.15, 0.2) is 18.3 Å². The predicted octanol–water partition coefficient (Wildman–Crippen LogP) is 1.90. The van der Waals surface area contributed by atoms with Gasteiger partial charge < -0.3 is 9.64 Å². The van der Waals surface area contributed by atoms with Gasteiger partial charge in [0.25, 0.3) is 0 Å². The fraction of sp³-hybridized carbons (Fsp3) is 0.600. The summed E-state index contributed by atoms with van der Waals surface area (Å²) in [4.78, 5) is 8.90. The van der Waals surface area contributed by atoms with Crippen molar-refractivity contribution < 1.29 is 4.74 Å². The van der Waals surface area contributed by atoms with Crippen LogP contribution in [0.5, 0.6) is 5.75 Å². The molecule has 1 fully saturated rings. The molecule has 5 nitrogen and oxygen atoms in total. The lowest BCUT2D eigenvalue weighted by Gasteiger charge is -2.36. The predicted molar refractivity (Wildman–Crippen MR) is 78.9 cm³/mol. The molecule has 1 aliphatic heterocycles. The van der Waals surface area contributed by atoms with Crippen molar-refractivity contribution >= 4 is 5.82 Å². The lowest BCUT2D eigenvalue weighted by molar-refractivity contribution is 0.230. The minimum Gasteiger partial charge on any atom is -0.490 e. The zero-order chi connectivity index (χ0) is 14.4. The molecular formula is C15H22N4O. The summed E-state index contributed by atoms with van der Waals surface area (Å²) in [5.41, 5.74) is 0. The molecule has 0 aromatic carbocycles. The Hall–Kier alpha value is -1.80. The Balaban J connectivity index is 2.01. The maximum absolute atomic E-state index is 8.97. The first-order chi connectivity index (χ1) is 9.76. The summed E-state index contributed by atoms with van der Waals surface area (Å²) in [7, 11) is 0. The fourth-order valence-electron chi connectivity index (χ4n) is 2.35. The molecule has 0 bridgehead atoms. The fourth-order valence-corrected chi connectivity index (χ4v) is 2.35. The number of piperazine rings is 1. The highest BCUT2D eigenvalue weighted by atomic mass is 16.5. The zero-order valence-electron chi connectivity index (χ0n) is 12.2. The van der Waals surface area contributed by atoms with Gasteiger partial charge in [0, 0.05) is 32.4 Å². The van der Waals surface area contributed by atoms with Crippen LogP contribution in [0.25, 0.3) is 0 Å². The van der Waals surface area contributed by atoms with Crippen molar-refractivity contribution in [2.45, 2.75) is 26.3 Å². The SMILES string of the molecule is CCCOc1cccnc1N1CCN(C(C)C#N)CC1. The van der Waals surface area contributed by atoms with E-state index in [1.165, 1.54) is 0 Å². The molecule has 2 heterocycles. The van der Waals surface area contributed by atoms with Crippen molar-refractivity contribution in [3.05, 3.63) is 18.3 Å². The summed E-state index contributed by atoms with van der Waals surface area (Å²) in [5, 5.41) is 8.97. The highest BCUT2D eigenvalue weighted by Crippen LogP contribution is 2.26. The van der Waals surface area contributed by atoms with E-state index in [9.17, 15) is 0 Å². The molecule has 1 saturated heterocycles. The van der Waals surface area contributed by atoms with Crippen LogP contribution >= 0.6 is 0 Å². The van der Waals surface area contributed by atoms with Crippen molar-refractivity contribution in [2.75, 3.05) is 37.7 Å². The molecule has 1 aromatic rings. The average molecular weight is 274 g/mol. The first-order valence-corrected chi connectivity index (χ1v) is 7.22. The van der Waals surface area contributed by atoms with Crippen LogP contribution in [-0.2, 0) is 0 Å². The van der Waals surface area contributed by atoms with Gasteiger partial charge in [0.15, 0.2) is 11.6 Å². The number of ether oxygens (including phenoxy) is 1. The van der Waals surface area contributed by atoms with Crippen LogP contribution in [-0.4, -0.2) is 48.7 Å². The summed E-state index contributed by atoms with van der Waals surface area (Å²) in [6, 6.07) is 6.16. The molecule has 1 aliphatic rings. The molecule has 20 heavy (non-hydrogen) atoms. The van der Waals surface area contributed by atoms with Gasteiger partial charge in [0.1, 0.15) is 0 Å². The topological polar surface area (TPSA) is 52.4 Å². The number of aromatic nitrogens is 1. The van der Waals surface area contributed by atoms with Crippen LogP contribution < -0.4 is 9.64 Å². The first-order valence-electron chi connectivity index (χ1n) is 7.22. The molecule has 5 heteroatoms. The molecule has 0 saturated carbocycles. The molecule has 1 unspecified atom stereocenters. The van der Waals surface area contributed by atoms with E-state index in [1.807, 2.05) is 19.1 Å². The minimum atomic E-state index is -0.0169. The Morgan fingerprint density at radius 2 is 2.15 bits per heavy atom. The highest BCUT2D eigenvalue weighted by Gasteiger charge is 2.23. The Bertz CT molecular complexity index is 463. The van der Waals surface area contributed by atoms with E-state index in [1.54, 1.807) is 6.20 Å². The second kappa shape index (κ2) is 7.11. The summed E-state index contributed by atoms with van der Waals surface area (Å²) < 4.78 is 5.76. The maximum Gasteiger partial charge on any atom is 0.171 e. The Labute approximate surface area is 120 Å². The molecule has 0 aliphatic carbocycles. The molecule has 1 atom stereocenters. The van der Waals surface area contributed by atoms with Gasteiger partial charge in [-0.3, -0.25) is 4.90 Å². The summed E-state index contributed by atoms with van der Waals surface area (Å²) in [5.74, 6) is 1.78. The van der Waals surface area contributed by atoms with Gasteiger partial charge in [-0.25, -0.2) is 4.98 Å². The van der Waals surface area contributed by atoms with E-state index < -0.39 is 0 Å². The number of nitriles is 1. The maximum atomic E-state index is 8.97. The van der Waals surface area contributed by atoms with Gasteiger partial charge in [0.2, 0.25) is 0 Å². The molecule has 0 spiro atoms. The Kier molecular flexibility index (Phi) is 5.19. The number of nitrogens with zero attached hydrogens (tertiary/aromatic N) is 4. The molecule has 0 amide bonds. The highest BCUT2D eigenvalue weighted by molar-refractivity contribution is 5.52. The summed E-state index contributed by atoms with van der Waals surface area (Å²) in [6.07, 6.45) is 2.79. The third-order valence-corrected chi connectivity index (χ3v) is 3.56. The Morgan fingerprint density at radius 1 is 1.40 bits per heavy atom. The van der Waals surface area contributed by atoms with E-state index in [-0.39, 0.29) is 6.04 Å². The third kappa shape index (κ3) is 3.40. The number of hydrogen-bond acceptors (Lipinski definition) is 5. The zero-order valence-corrected chi connectivity index (χ0v) is 12.2. The minimum absolute atomic E-state index is 0.0169. The normalized spacial score (nSPS) is 17.6. The first kappa shape index (κ1) is 14.6. The van der Waals surface area contributed by atoms with Gasteiger partial charge >= 0.3 is 0 Å². The van der Waals surface area contributed by atoms with Crippen molar-refractivity contribution in [2.24, 2.45) is 0 Å². The Morgan fingerprint density at radius 3 is 2.80 bits per heavy atom. The largest absolute Gasteiger partial charge is 0.490 e. The second-order valence-electron chi connectivity index (χ2n) is 5.00. The van der Waals surface area contributed by atoms with Crippen molar-refractivity contribution in [1.82, 2.24) is 9.88 Å². The van der Waals surface area contributed by atoms with Crippen molar-refractivity contribution in [3.63, 3.8) is 0 Å². The van der Waals surface area contributed by atoms with E-state index in [0.29, 0.717) is 6.61 Å². The van der Waals surface area contributed by atoms with Crippen LogP contribution in [0.3, 0.4) is 0 Å². The van der Waals surface area contributed by atoms with E-state index in [2.05, 4.69) is 27.8 Å². The van der Waals surface area contributed by atoms with Gasteiger partial charge in [-0.1, -0.05) is 6.92 Å². The van der Waals surface area contributed by atoms with Crippen LogP contribution in [0.2, 0.25) is 0 Å². The van der Waals surface area contributed by atoms with Gasteiger partial charge in [-0.05, 0) is 25.5 Å². The molecule has 0 N–H and O–H groups in total. The van der Waals surface area contributed by atoms with E-state index >= 15 is 0 Å². The number of hydrogen-bond donors (Lipinski definition) is 0. The van der Waals surface area contributed by atoms with Crippen LogP contribution in [0.4, 0.5) is 5.82 Å². The average Bonchev–Trinajstić information content (AvgIpc) is 2.52. The number of pyridine rings is 1. The van der Waals surface area contributed by atoms with Crippen LogP contribution in [0, 0.1) is 11.3 Å². The third-order valence-electron chi connectivity index (χ3n) is 3.56. The standard InChI is InChI=1S/C15H22N4O/c1-3-11-20-14-5-4-6-17-15(14)19-9-7-18(8-10-19)13(2)12-16/h4-6,13H,3,7-11H2,1-2H3. The summed E-state index contributed by atoms with van der Waals surface area (Å²) in [6.45, 7) is 8.29. The van der Waals surface area contributed by atoms with E-state index in [4.69, 9.17) is 10.00 Å². The monoisotopic (exact) mass is 274 g/mol. The lowest BCUT2D eigenvalue weighted by Crippen LogP contribution is -2.49. The molecule has 108 valence electrons. The molecule has 2 rings (SSSR count). The van der Waals surface area contributed by atoms with Crippen molar-refractivity contribution in [3.8, 4) is 11.8 Å². The molecule has 1 aromatic heterocycles. The van der Waals surface area contributed by atoms with Gasteiger partial charge in [-0.15, -0.1) is 0 Å². The van der Waals surface area contributed by atoms with Crippen LogP contribution in [0.1, 0.15) is 20.3 Å². The number of rotatable bonds is 5. The molecular weight excluding hydrogens is 252 g/mol. The van der Waals surface area contributed by atoms with Gasteiger partial charge in [0.05, 0.1) is 18.7 Å². The number of anilines is 1. The quantitative estimate of drug-likeness (QED) is 0.821. The van der Waals surface area contributed by atoms with E-state index in [0.717, 1.165) is 44.2 Å². The smallest absolute Gasteiger partial charge is 0.171 e. The second-order valence-corrected chi connectivity index (χ2v) is 5.00. The summed E-state index contributed by atoms with van der Waals surface area (Å²) >= 11 is 0. The van der Waals surface area contributed by atoms with Gasteiger partial charge in [-0.2, -0.15) is 5.26 Å². The molecule has 0 radical (unpaired) electrons.